The minimum atomic E-state index is -0.785. The van der Waals surface area contributed by atoms with Crippen LogP contribution in [0.1, 0.15) is 271 Å². The Morgan fingerprint density at radius 3 is 0.956 bits per heavy atom. The first-order valence-corrected chi connectivity index (χ1v) is 28.6. The van der Waals surface area contributed by atoms with E-state index < -0.39 is 6.10 Å². The lowest BCUT2D eigenvalue weighted by Crippen LogP contribution is -2.30. The van der Waals surface area contributed by atoms with Crippen LogP contribution in [0, 0.1) is 0 Å². The van der Waals surface area contributed by atoms with Crippen LogP contribution < -0.4 is 0 Å². The summed E-state index contributed by atoms with van der Waals surface area (Å²) in [5.74, 6) is -0.903. The molecule has 68 heavy (non-hydrogen) atoms. The van der Waals surface area contributed by atoms with E-state index in [2.05, 4.69) is 106 Å². The maximum absolute atomic E-state index is 12.8. The number of allylic oxidation sites excluding steroid dienone is 14. The molecule has 0 heterocycles. The Morgan fingerprint density at radius 2 is 0.603 bits per heavy atom. The summed E-state index contributed by atoms with van der Waals surface area (Å²) in [6.07, 6.45) is 72.8. The second-order valence-corrected chi connectivity index (χ2v) is 18.8. The zero-order chi connectivity index (χ0) is 49.3. The van der Waals surface area contributed by atoms with Crippen molar-refractivity contribution in [2.24, 2.45) is 0 Å². The number of rotatable bonds is 51. The molecule has 0 bridgehead atoms. The molecule has 0 aromatic heterocycles. The molecule has 0 saturated carbocycles. The standard InChI is InChI=1S/C62H106O6/c1-4-7-10-13-16-19-22-25-27-28-29-30-31-32-33-34-35-38-40-43-46-49-52-55-61(64)67-58-59(57-66-60(63)54-51-48-45-42-39-36-24-21-18-15-12-9-6-3)68-62(65)56-53-50-47-44-41-37-26-23-20-17-14-11-8-5-2/h7,10,12,15-16,19,21,24-25,27,29-30,32-33,59H,4-6,8-9,11,13-14,17-18,20,22-23,26,28,31,34-58H2,1-3H3/b10-7-,15-12-,19-16-,24-21-,27-25-,30-29-,33-32-. The molecule has 0 aliphatic heterocycles. The predicted molar refractivity (Wildman–Crippen MR) is 293 cm³/mol. The molecule has 0 saturated heterocycles. The fraction of sp³-hybridized carbons (Fsp3) is 0.726. The average Bonchev–Trinajstić information content (AvgIpc) is 3.34. The summed E-state index contributed by atoms with van der Waals surface area (Å²) in [4.78, 5) is 38.1. The van der Waals surface area contributed by atoms with Gasteiger partial charge in [0.25, 0.3) is 0 Å². The van der Waals surface area contributed by atoms with Crippen LogP contribution in [-0.2, 0) is 28.6 Å². The molecule has 0 aliphatic carbocycles. The zero-order valence-electron chi connectivity index (χ0n) is 44.6. The van der Waals surface area contributed by atoms with E-state index in [0.717, 1.165) is 128 Å². The van der Waals surface area contributed by atoms with Crippen LogP contribution in [-0.4, -0.2) is 37.2 Å². The summed E-state index contributed by atoms with van der Waals surface area (Å²) in [6.45, 7) is 6.45. The lowest BCUT2D eigenvalue weighted by molar-refractivity contribution is -0.167. The molecule has 1 unspecified atom stereocenters. The summed E-state index contributed by atoms with van der Waals surface area (Å²) < 4.78 is 16.8. The predicted octanol–water partition coefficient (Wildman–Crippen LogP) is 19.2. The van der Waals surface area contributed by atoms with Crippen molar-refractivity contribution >= 4 is 17.9 Å². The third-order valence-corrected chi connectivity index (χ3v) is 12.1. The number of esters is 3. The first-order chi connectivity index (χ1) is 33.5. The van der Waals surface area contributed by atoms with Gasteiger partial charge >= 0.3 is 17.9 Å². The summed E-state index contributed by atoms with van der Waals surface area (Å²) in [5.41, 5.74) is 0. The summed E-state index contributed by atoms with van der Waals surface area (Å²) in [6, 6.07) is 0. The van der Waals surface area contributed by atoms with Crippen molar-refractivity contribution in [1.82, 2.24) is 0 Å². The number of ether oxygens (including phenoxy) is 3. The average molecular weight is 948 g/mol. The van der Waals surface area contributed by atoms with Crippen molar-refractivity contribution < 1.29 is 28.6 Å². The van der Waals surface area contributed by atoms with E-state index in [9.17, 15) is 14.4 Å². The number of carbonyl (C=O) groups excluding carboxylic acids is 3. The number of hydrogen-bond donors (Lipinski definition) is 0. The summed E-state index contributed by atoms with van der Waals surface area (Å²) >= 11 is 0. The van der Waals surface area contributed by atoms with Gasteiger partial charge in [-0.25, -0.2) is 0 Å². The van der Waals surface area contributed by atoms with Crippen molar-refractivity contribution in [3.63, 3.8) is 0 Å². The highest BCUT2D eigenvalue weighted by Crippen LogP contribution is 2.15. The highest BCUT2D eigenvalue weighted by molar-refractivity contribution is 5.71. The number of hydrogen-bond acceptors (Lipinski definition) is 6. The SMILES string of the molecule is CC/C=C\C/C=C\C/C=C\C/C=C\C/C=C\CCCCCCCCCC(=O)OCC(COC(=O)CCCCCCC/C=C\C/C=C\CCC)OC(=O)CCCCCCCCCCCCCCCC. The van der Waals surface area contributed by atoms with E-state index in [4.69, 9.17) is 14.2 Å². The van der Waals surface area contributed by atoms with Crippen molar-refractivity contribution in [1.29, 1.82) is 0 Å². The molecule has 0 aromatic carbocycles. The van der Waals surface area contributed by atoms with Crippen LogP contribution in [0.3, 0.4) is 0 Å². The van der Waals surface area contributed by atoms with Crippen LogP contribution >= 0.6 is 0 Å². The minimum Gasteiger partial charge on any atom is -0.462 e. The molecule has 0 aromatic rings. The topological polar surface area (TPSA) is 78.9 Å². The molecule has 0 rings (SSSR count). The molecule has 0 fully saturated rings. The summed E-state index contributed by atoms with van der Waals surface area (Å²) in [7, 11) is 0. The molecule has 0 N–H and O–H groups in total. The molecule has 6 nitrogen and oxygen atoms in total. The van der Waals surface area contributed by atoms with Gasteiger partial charge in [0, 0.05) is 19.3 Å². The van der Waals surface area contributed by atoms with E-state index >= 15 is 0 Å². The van der Waals surface area contributed by atoms with Gasteiger partial charge in [-0.3, -0.25) is 14.4 Å². The number of unbranched alkanes of at least 4 members (excludes halogenated alkanes) is 26. The van der Waals surface area contributed by atoms with Crippen LogP contribution in [0.2, 0.25) is 0 Å². The Bertz CT molecular complexity index is 1320. The van der Waals surface area contributed by atoms with E-state index in [1.807, 2.05) is 0 Å². The van der Waals surface area contributed by atoms with Crippen LogP contribution in [0.4, 0.5) is 0 Å². The third kappa shape index (κ3) is 53.5. The lowest BCUT2D eigenvalue weighted by atomic mass is 10.0. The second kappa shape index (κ2) is 56.2. The maximum Gasteiger partial charge on any atom is 0.306 e. The van der Waals surface area contributed by atoms with Gasteiger partial charge in [-0.15, -0.1) is 0 Å². The number of carbonyl (C=O) groups is 3. The smallest absolute Gasteiger partial charge is 0.306 e. The van der Waals surface area contributed by atoms with Crippen LogP contribution in [0.15, 0.2) is 85.1 Å². The fourth-order valence-corrected chi connectivity index (χ4v) is 7.86. The van der Waals surface area contributed by atoms with E-state index in [0.29, 0.717) is 19.3 Å². The van der Waals surface area contributed by atoms with E-state index in [1.165, 1.54) is 103 Å². The normalized spacial score (nSPS) is 12.7. The third-order valence-electron chi connectivity index (χ3n) is 12.1. The monoisotopic (exact) mass is 947 g/mol. The highest BCUT2D eigenvalue weighted by Gasteiger charge is 2.19. The van der Waals surface area contributed by atoms with Gasteiger partial charge in [-0.05, 0) is 89.9 Å². The summed E-state index contributed by atoms with van der Waals surface area (Å²) in [5, 5.41) is 0. The molecule has 0 spiro atoms. The van der Waals surface area contributed by atoms with Crippen LogP contribution in [0.25, 0.3) is 0 Å². The first-order valence-electron chi connectivity index (χ1n) is 28.6. The van der Waals surface area contributed by atoms with Gasteiger partial charge in [0.2, 0.25) is 0 Å². The highest BCUT2D eigenvalue weighted by atomic mass is 16.6. The van der Waals surface area contributed by atoms with Gasteiger partial charge in [-0.2, -0.15) is 0 Å². The van der Waals surface area contributed by atoms with E-state index in [1.54, 1.807) is 0 Å². The first kappa shape index (κ1) is 64.6. The maximum atomic E-state index is 12.8. The largest absolute Gasteiger partial charge is 0.462 e. The van der Waals surface area contributed by atoms with Crippen molar-refractivity contribution in [3.05, 3.63) is 85.1 Å². The van der Waals surface area contributed by atoms with Gasteiger partial charge in [0.1, 0.15) is 13.2 Å². The Kier molecular flexibility index (Phi) is 53.4. The van der Waals surface area contributed by atoms with Crippen LogP contribution in [0.5, 0.6) is 0 Å². The minimum absolute atomic E-state index is 0.0854. The molecule has 0 aliphatic rings. The van der Waals surface area contributed by atoms with Crippen molar-refractivity contribution in [2.45, 2.75) is 277 Å². The second-order valence-electron chi connectivity index (χ2n) is 18.8. The zero-order valence-corrected chi connectivity index (χ0v) is 44.6. The van der Waals surface area contributed by atoms with Gasteiger partial charge < -0.3 is 14.2 Å². The molecule has 1 atom stereocenters. The molecular formula is C62H106O6. The molecule has 6 heteroatoms. The molecule has 0 radical (unpaired) electrons. The lowest BCUT2D eigenvalue weighted by Gasteiger charge is -2.18. The van der Waals surface area contributed by atoms with Crippen molar-refractivity contribution in [2.75, 3.05) is 13.2 Å². The Labute approximate surface area is 420 Å². The van der Waals surface area contributed by atoms with Gasteiger partial charge in [0.05, 0.1) is 0 Å². The van der Waals surface area contributed by atoms with Gasteiger partial charge in [-0.1, -0.05) is 247 Å². The Hall–Kier alpha value is -3.41. The molecule has 0 amide bonds. The quantitative estimate of drug-likeness (QED) is 0.0262. The molecular weight excluding hydrogens is 841 g/mol. The van der Waals surface area contributed by atoms with Crippen molar-refractivity contribution in [3.8, 4) is 0 Å². The Balaban J connectivity index is 4.35. The Morgan fingerprint density at radius 1 is 0.309 bits per heavy atom. The van der Waals surface area contributed by atoms with E-state index in [-0.39, 0.29) is 31.1 Å². The fourth-order valence-electron chi connectivity index (χ4n) is 7.86. The van der Waals surface area contributed by atoms with Gasteiger partial charge in [0.15, 0.2) is 6.10 Å². The molecule has 390 valence electrons.